The summed E-state index contributed by atoms with van der Waals surface area (Å²) >= 11 is 0. The van der Waals surface area contributed by atoms with Gasteiger partial charge in [0.1, 0.15) is 12.3 Å². The van der Waals surface area contributed by atoms with Gasteiger partial charge in [0.2, 0.25) is 5.88 Å². The lowest BCUT2D eigenvalue weighted by Crippen LogP contribution is -2.24. The van der Waals surface area contributed by atoms with Crippen LogP contribution >= 0.6 is 0 Å². The molecule has 0 atom stereocenters. The van der Waals surface area contributed by atoms with E-state index >= 15 is 0 Å². The van der Waals surface area contributed by atoms with Gasteiger partial charge in [0.15, 0.2) is 7.85 Å². The number of nitrogens with zero attached hydrogens (tertiary/aromatic N) is 4. The van der Waals surface area contributed by atoms with Gasteiger partial charge in [0, 0.05) is 31.1 Å². The summed E-state index contributed by atoms with van der Waals surface area (Å²) < 4.78 is 7.40. The second kappa shape index (κ2) is 7.82. The van der Waals surface area contributed by atoms with Crippen molar-refractivity contribution in [2.24, 2.45) is 7.05 Å². The van der Waals surface area contributed by atoms with Crippen LogP contribution in [0.4, 0.5) is 0 Å². The van der Waals surface area contributed by atoms with Crippen LogP contribution in [0.3, 0.4) is 0 Å². The van der Waals surface area contributed by atoms with Crippen LogP contribution in [0, 0.1) is 6.92 Å². The molecule has 0 saturated carbocycles. The Balaban J connectivity index is 1.60. The molecule has 1 amide bonds. The van der Waals surface area contributed by atoms with E-state index in [0.29, 0.717) is 24.7 Å². The van der Waals surface area contributed by atoms with Gasteiger partial charge in [-0.15, -0.1) is 0 Å². The number of carbonyl (C=O) groups excluding carboxylic acids is 1. The number of hydrogen-bond donors (Lipinski definition) is 1. The maximum absolute atomic E-state index is 12.3. The van der Waals surface area contributed by atoms with Crippen LogP contribution in [0.5, 0.6) is 5.88 Å². The van der Waals surface area contributed by atoms with Crippen molar-refractivity contribution in [2.45, 2.75) is 20.1 Å². The number of amides is 1. The van der Waals surface area contributed by atoms with Crippen LogP contribution in [0.2, 0.25) is 0 Å². The summed E-state index contributed by atoms with van der Waals surface area (Å²) in [6.45, 7) is 2.65. The fourth-order valence-electron chi connectivity index (χ4n) is 2.43. The van der Waals surface area contributed by atoms with Crippen molar-refractivity contribution in [2.75, 3.05) is 0 Å². The van der Waals surface area contributed by atoms with Gasteiger partial charge in [-0.25, -0.2) is 4.98 Å². The summed E-state index contributed by atoms with van der Waals surface area (Å²) in [5, 5.41) is 7.05. The van der Waals surface area contributed by atoms with Crippen LogP contribution in [0.25, 0.3) is 0 Å². The highest BCUT2D eigenvalue weighted by Gasteiger charge is 2.10. The molecule has 3 aromatic rings. The molecular weight excluding hydrogens is 329 g/mol. The maximum Gasteiger partial charge on any atom is 0.270 e. The zero-order valence-electron chi connectivity index (χ0n) is 15.1. The van der Waals surface area contributed by atoms with E-state index < -0.39 is 0 Å². The van der Waals surface area contributed by atoms with E-state index in [1.54, 1.807) is 16.9 Å². The number of aromatic nitrogens is 4. The first-order valence-corrected chi connectivity index (χ1v) is 8.30. The summed E-state index contributed by atoms with van der Waals surface area (Å²) in [6.07, 6.45) is 3.50. The third kappa shape index (κ3) is 4.47. The van der Waals surface area contributed by atoms with E-state index in [2.05, 4.69) is 20.4 Å². The van der Waals surface area contributed by atoms with Gasteiger partial charge in [0.25, 0.3) is 5.91 Å². The van der Waals surface area contributed by atoms with E-state index in [1.165, 1.54) is 0 Å². The van der Waals surface area contributed by atoms with Crippen molar-refractivity contribution in [3.8, 4) is 5.88 Å². The lowest BCUT2D eigenvalue weighted by Gasteiger charge is -2.10. The van der Waals surface area contributed by atoms with Crippen LogP contribution in [-0.2, 0) is 20.2 Å². The maximum atomic E-state index is 12.3. The Kier molecular flexibility index (Phi) is 5.31. The molecule has 8 heteroatoms. The Morgan fingerprint density at radius 3 is 2.88 bits per heavy atom. The number of carbonyl (C=O) groups is 1. The van der Waals surface area contributed by atoms with Gasteiger partial charge in [0.05, 0.1) is 12.2 Å². The highest BCUT2D eigenvalue weighted by atomic mass is 16.5. The Bertz CT molecular complexity index is 925. The first-order chi connectivity index (χ1) is 12.5. The molecule has 0 radical (unpaired) electrons. The zero-order valence-corrected chi connectivity index (χ0v) is 15.1. The molecule has 0 aromatic carbocycles. The van der Waals surface area contributed by atoms with Crippen LogP contribution in [0.1, 0.15) is 27.3 Å². The van der Waals surface area contributed by atoms with Crippen molar-refractivity contribution >= 4 is 19.3 Å². The van der Waals surface area contributed by atoms with E-state index in [-0.39, 0.29) is 5.91 Å². The number of rotatable bonds is 6. The lowest BCUT2D eigenvalue weighted by molar-refractivity contribution is 0.0945. The van der Waals surface area contributed by atoms with Crippen LogP contribution < -0.4 is 15.6 Å². The lowest BCUT2D eigenvalue weighted by atomic mass is 10.0. The number of nitrogens with one attached hydrogen (secondary N) is 1. The number of ether oxygens (including phenoxy) is 1. The minimum Gasteiger partial charge on any atom is -0.473 e. The molecule has 0 unspecified atom stereocenters. The van der Waals surface area contributed by atoms with Crippen molar-refractivity contribution in [1.29, 1.82) is 0 Å². The summed E-state index contributed by atoms with van der Waals surface area (Å²) in [7, 11) is 3.75. The first-order valence-electron chi connectivity index (χ1n) is 8.30. The first kappa shape index (κ1) is 17.7. The Hall–Kier alpha value is -3.16. The molecule has 0 bridgehead atoms. The third-order valence-electron chi connectivity index (χ3n) is 3.89. The minimum atomic E-state index is -0.230. The average Bonchev–Trinajstić information content (AvgIpc) is 3.04. The molecule has 0 aliphatic rings. The number of aryl methyl sites for hydroxylation is 2. The molecule has 0 aliphatic heterocycles. The van der Waals surface area contributed by atoms with Gasteiger partial charge in [-0.1, -0.05) is 12.1 Å². The van der Waals surface area contributed by atoms with E-state index in [0.717, 1.165) is 22.4 Å². The highest BCUT2D eigenvalue weighted by molar-refractivity contribution is 6.30. The fourth-order valence-corrected chi connectivity index (χ4v) is 2.43. The smallest absolute Gasteiger partial charge is 0.270 e. The molecule has 0 saturated heterocycles. The highest BCUT2D eigenvalue weighted by Crippen LogP contribution is 2.12. The van der Waals surface area contributed by atoms with E-state index in [1.807, 2.05) is 52.3 Å². The molecule has 3 heterocycles. The molecule has 132 valence electrons. The molecule has 0 spiro atoms. The molecule has 0 aliphatic carbocycles. The van der Waals surface area contributed by atoms with Gasteiger partial charge in [-0.3, -0.25) is 14.5 Å². The van der Waals surface area contributed by atoms with Crippen molar-refractivity contribution in [1.82, 2.24) is 25.1 Å². The average molecular weight is 349 g/mol. The Morgan fingerprint density at radius 1 is 1.35 bits per heavy atom. The molecule has 3 aromatic heterocycles. The molecular formula is C18H20BN5O2. The zero-order chi connectivity index (χ0) is 18.5. The van der Waals surface area contributed by atoms with Gasteiger partial charge in [-0.2, -0.15) is 5.10 Å². The van der Waals surface area contributed by atoms with Crippen LogP contribution in [-0.4, -0.2) is 33.5 Å². The quantitative estimate of drug-likeness (QED) is 0.647. The van der Waals surface area contributed by atoms with Gasteiger partial charge >= 0.3 is 0 Å². The molecule has 3 rings (SSSR count). The largest absolute Gasteiger partial charge is 0.473 e. The predicted molar refractivity (Wildman–Crippen MR) is 100 cm³/mol. The van der Waals surface area contributed by atoms with Crippen LogP contribution in [0.15, 0.2) is 42.7 Å². The van der Waals surface area contributed by atoms with E-state index in [4.69, 9.17) is 4.74 Å². The number of pyridine rings is 2. The number of hydrogen-bond acceptors (Lipinski definition) is 5. The van der Waals surface area contributed by atoms with Gasteiger partial charge in [-0.05, 0) is 30.2 Å². The summed E-state index contributed by atoms with van der Waals surface area (Å²) in [5.74, 6) is 0.341. The Labute approximate surface area is 152 Å². The topological polar surface area (TPSA) is 81.9 Å². The Morgan fingerprint density at radius 2 is 2.19 bits per heavy atom. The minimum absolute atomic E-state index is 0.230. The molecule has 26 heavy (non-hydrogen) atoms. The summed E-state index contributed by atoms with van der Waals surface area (Å²) in [5.41, 5.74) is 3.92. The van der Waals surface area contributed by atoms with Crippen molar-refractivity contribution in [3.05, 3.63) is 65.2 Å². The SMILES string of the molecule is Bc1cccc(OCc2cnc(C(=O)NCc3ccn(C)n3)cc2C)n1. The van der Waals surface area contributed by atoms with Crippen molar-refractivity contribution in [3.63, 3.8) is 0 Å². The molecule has 0 fully saturated rings. The molecule has 1 N–H and O–H groups in total. The van der Waals surface area contributed by atoms with Crippen molar-refractivity contribution < 1.29 is 9.53 Å². The normalized spacial score (nSPS) is 10.5. The standard InChI is InChI=1S/C18H20BN5O2/c1-12-8-15(18(25)21-10-14-6-7-24(2)23-14)20-9-13(12)11-26-17-5-3-4-16(19)22-17/h3-9H,10-11,19H2,1-2H3,(H,21,25). The fraction of sp³-hybridized carbons (Fsp3) is 0.222. The second-order valence-corrected chi connectivity index (χ2v) is 6.07. The van der Waals surface area contributed by atoms with Gasteiger partial charge < -0.3 is 10.1 Å². The summed E-state index contributed by atoms with van der Waals surface area (Å²) in [4.78, 5) is 20.8. The summed E-state index contributed by atoms with van der Waals surface area (Å²) in [6, 6.07) is 9.25. The monoisotopic (exact) mass is 349 g/mol. The van der Waals surface area contributed by atoms with E-state index in [9.17, 15) is 4.79 Å². The molecule has 7 nitrogen and oxygen atoms in total. The second-order valence-electron chi connectivity index (χ2n) is 6.07. The predicted octanol–water partition coefficient (Wildman–Crippen LogP) is 0.286. The third-order valence-corrected chi connectivity index (χ3v) is 3.89.